The second-order valence-corrected chi connectivity index (χ2v) is 8.71. The monoisotopic (exact) mass is 410 g/mol. The minimum Gasteiger partial charge on any atom is -0.490 e. The van der Waals surface area contributed by atoms with E-state index in [2.05, 4.69) is 6.92 Å². The molecule has 0 spiro atoms. The van der Waals surface area contributed by atoms with Gasteiger partial charge in [-0.05, 0) is 62.0 Å². The van der Waals surface area contributed by atoms with Crippen LogP contribution in [-0.2, 0) is 4.74 Å². The molecule has 0 N–H and O–H groups in total. The van der Waals surface area contributed by atoms with Crippen LogP contribution in [-0.4, -0.2) is 25.9 Å². The fraction of sp³-hybridized carbons (Fsp3) is 0.750. The zero-order valence-corrected chi connectivity index (χ0v) is 17.9. The van der Waals surface area contributed by atoms with Crippen molar-refractivity contribution >= 4 is 0 Å². The molecule has 2 atom stereocenters. The Bertz CT molecular complexity index is 621. The van der Waals surface area contributed by atoms with Crippen molar-refractivity contribution in [2.75, 3.05) is 19.8 Å². The fourth-order valence-corrected chi connectivity index (χ4v) is 4.82. The number of halogens is 2. The van der Waals surface area contributed by atoms with Crippen molar-refractivity contribution in [3.05, 3.63) is 23.8 Å². The van der Waals surface area contributed by atoms with E-state index in [0.29, 0.717) is 12.5 Å². The van der Waals surface area contributed by atoms with E-state index in [0.717, 1.165) is 37.7 Å². The summed E-state index contributed by atoms with van der Waals surface area (Å²) in [6.45, 7) is 5.56. The molecule has 1 aliphatic carbocycles. The summed E-state index contributed by atoms with van der Waals surface area (Å²) in [5, 5.41) is 0. The number of rotatable bonds is 9. The molecule has 2 aliphatic rings. The molecule has 1 saturated carbocycles. The van der Waals surface area contributed by atoms with Gasteiger partial charge < -0.3 is 14.2 Å². The molecule has 0 radical (unpaired) electrons. The van der Waals surface area contributed by atoms with Gasteiger partial charge in [-0.25, -0.2) is 0 Å². The highest BCUT2D eigenvalue weighted by Crippen LogP contribution is 2.39. The van der Waals surface area contributed by atoms with Crippen LogP contribution in [0.4, 0.5) is 8.78 Å². The average Bonchev–Trinajstić information content (AvgIpc) is 2.75. The molecule has 3 rings (SSSR count). The summed E-state index contributed by atoms with van der Waals surface area (Å²) in [4.78, 5) is 0. The Morgan fingerprint density at radius 1 is 0.862 bits per heavy atom. The summed E-state index contributed by atoms with van der Waals surface area (Å²) in [6, 6.07) is 2.86. The smallest absolute Gasteiger partial charge is 0.204 e. The van der Waals surface area contributed by atoms with Crippen molar-refractivity contribution < 1.29 is 23.0 Å². The Labute approximate surface area is 174 Å². The molecule has 1 aliphatic heterocycles. The zero-order chi connectivity index (χ0) is 20.6. The van der Waals surface area contributed by atoms with Gasteiger partial charge in [-0.15, -0.1) is 0 Å². The molecule has 0 amide bonds. The van der Waals surface area contributed by atoms with Crippen LogP contribution in [0.1, 0.15) is 71.6 Å². The van der Waals surface area contributed by atoms with E-state index in [4.69, 9.17) is 14.2 Å². The van der Waals surface area contributed by atoms with Gasteiger partial charge in [-0.3, -0.25) is 0 Å². The third kappa shape index (κ3) is 6.07. The van der Waals surface area contributed by atoms with Crippen LogP contribution in [0.25, 0.3) is 0 Å². The van der Waals surface area contributed by atoms with E-state index in [1.165, 1.54) is 50.7 Å². The lowest BCUT2D eigenvalue weighted by atomic mass is 9.73. The van der Waals surface area contributed by atoms with E-state index in [1.807, 2.05) is 6.92 Å². The Hall–Kier alpha value is -1.36. The van der Waals surface area contributed by atoms with E-state index in [9.17, 15) is 8.78 Å². The van der Waals surface area contributed by atoms with E-state index >= 15 is 0 Å². The maximum Gasteiger partial charge on any atom is 0.204 e. The predicted molar refractivity (Wildman–Crippen MR) is 110 cm³/mol. The van der Waals surface area contributed by atoms with Gasteiger partial charge in [0, 0.05) is 0 Å². The molecule has 1 aromatic carbocycles. The second-order valence-electron chi connectivity index (χ2n) is 8.71. The number of ether oxygens (including phenoxy) is 3. The minimum absolute atomic E-state index is 0.0545. The lowest BCUT2D eigenvalue weighted by molar-refractivity contribution is -0.0564. The normalized spacial score (nSPS) is 27.6. The van der Waals surface area contributed by atoms with Crippen LogP contribution in [0, 0.1) is 29.4 Å². The highest BCUT2D eigenvalue weighted by atomic mass is 19.2. The SMILES string of the molecule is CCCOc1ccc(OCC2CCC(C3CCC(CCC)CC3)CO2)c(F)c1F. The van der Waals surface area contributed by atoms with Gasteiger partial charge >= 0.3 is 0 Å². The van der Waals surface area contributed by atoms with Crippen molar-refractivity contribution in [1.82, 2.24) is 0 Å². The Morgan fingerprint density at radius 3 is 2.10 bits per heavy atom. The third-order valence-electron chi connectivity index (χ3n) is 6.56. The van der Waals surface area contributed by atoms with Crippen molar-refractivity contribution in [1.29, 1.82) is 0 Å². The first-order valence-electron chi connectivity index (χ1n) is 11.5. The quantitative estimate of drug-likeness (QED) is 0.463. The molecule has 3 nitrogen and oxygen atoms in total. The van der Waals surface area contributed by atoms with Crippen LogP contribution < -0.4 is 9.47 Å². The summed E-state index contributed by atoms with van der Waals surface area (Å²) < 4.78 is 45.1. The fourth-order valence-electron chi connectivity index (χ4n) is 4.82. The average molecular weight is 411 g/mol. The van der Waals surface area contributed by atoms with E-state index in [1.54, 1.807) is 0 Å². The van der Waals surface area contributed by atoms with Crippen LogP contribution in [0.5, 0.6) is 11.5 Å². The summed E-state index contributed by atoms with van der Waals surface area (Å²) >= 11 is 0. The van der Waals surface area contributed by atoms with Crippen molar-refractivity contribution in [3.63, 3.8) is 0 Å². The van der Waals surface area contributed by atoms with Crippen LogP contribution in [0.3, 0.4) is 0 Å². The van der Waals surface area contributed by atoms with Gasteiger partial charge in [0.05, 0.1) is 19.3 Å². The van der Waals surface area contributed by atoms with Crippen molar-refractivity contribution in [3.8, 4) is 11.5 Å². The Kier molecular flexibility index (Phi) is 8.58. The Balaban J connectivity index is 1.42. The lowest BCUT2D eigenvalue weighted by Crippen LogP contribution is -2.35. The van der Waals surface area contributed by atoms with Gasteiger partial charge in [0.1, 0.15) is 6.61 Å². The number of benzene rings is 1. The standard InChI is InChI=1S/C24H36F2O3/c1-3-5-17-6-8-18(9-7-17)19-10-11-20(28-15-19)16-29-22-13-12-21(27-14-4-2)23(25)24(22)26/h12-13,17-20H,3-11,14-16H2,1-2H3. The molecule has 0 aromatic heterocycles. The third-order valence-corrected chi connectivity index (χ3v) is 6.56. The molecule has 1 saturated heterocycles. The molecule has 164 valence electrons. The first-order valence-corrected chi connectivity index (χ1v) is 11.5. The Morgan fingerprint density at radius 2 is 1.52 bits per heavy atom. The lowest BCUT2D eigenvalue weighted by Gasteiger charge is -2.37. The molecule has 2 fully saturated rings. The first-order chi connectivity index (χ1) is 14.1. The molecular formula is C24H36F2O3. The van der Waals surface area contributed by atoms with Gasteiger partial charge in [-0.2, -0.15) is 8.78 Å². The predicted octanol–water partition coefficient (Wildman–Crippen LogP) is 6.53. The summed E-state index contributed by atoms with van der Waals surface area (Å²) in [6.07, 6.45) is 10.8. The van der Waals surface area contributed by atoms with Crippen LogP contribution in [0.15, 0.2) is 12.1 Å². The maximum absolute atomic E-state index is 14.2. The van der Waals surface area contributed by atoms with Gasteiger partial charge in [0.25, 0.3) is 0 Å². The van der Waals surface area contributed by atoms with Crippen LogP contribution >= 0.6 is 0 Å². The van der Waals surface area contributed by atoms with Crippen molar-refractivity contribution in [2.45, 2.75) is 77.7 Å². The summed E-state index contributed by atoms with van der Waals surface area (Å²) in [7, 11) is 0. The van der Waals surface area contributed by atoms with E-state index < -0.39 is 11.6 Å². The second kappa shape index (κ2) is 11.1. The van der Waals surface area contributed by atoms with E-state index in [-0.39, 0.29) is 24.2 Å². The van der Waals surface area contributed by atoms with Gasteiger partial charge in [-0.1, -0.05) is 39.5 Å². The van der Waals surface area contributed by atoms with Gasteiger partial charge in [0.2, 0.25) is 11.6 Å². The van der Waals surface area contributed by atoms with Crippen LogP contribution in [0.2, 0.25) is 0 Å². The molecule has 1 heterocycles. The molecule has 1 aromatic rings. The molecule has 2 unspecified atom stereocenters. The maximum atomic E-state index is 14.2. The zero-order valence-electron chi connectivity index (χ0n) is 17.9. The summed E-state index contributed by atoms with van der Waals surface area (Å²) in [5.41, 5.74) is 0. The first kappa shape index (κ1) is 22.3. The molecule has 29 heavy (non-hydrogen) atoms. The highest BCUT2D eigenvalue weighted by Gasteiger charge is 2.31. The topological polar surface area (TPSA) is 27.7 Å². The number of hydrogen-bond acceptors (Lipinski definition) is 3. The van der Waals surface area contributed by atoms with Crippen molar-refractivity contribution in [2.24, 2.45) is 17.8 Å². The molecule has 5 heteroatoms. The highest BCUT2D eigenvalue weighted by molar-refractivity contribution is 5.35. The largest absolute Gasteiger partial charge is 0.490 e. The number of hydrogen-bond donors (Lipinski definition) is 0. The summed E-state index contributed by atoms with van der Waals surface area (Å²) in [5.74, 6) is 0.227. The molecular weight excluding hydrogens is 374 g/mol. The minimum atomic E-state index is -0.990. The molecule has 0 bridgehead atoms. The van der Waals surface area contributed by atoms with Gasteiger partial charge in [0.15, 0.2) is 11.5 Å².